The normalized spacial score (nSPS) is 16.3. The zero-order chi connectivity index (χ0) is 27.7. The summed E-state index contributed by atoms with van der Waals surface area (Å²) in [6.07, 6.45) is 7.42. The highest BCUT2D eigenvalue weighted by Crippen LogP contribution is 2.29. The number of carbonyl (C=O) groups excluding carboxylic acids is 1. The number of hydrogen-bond acceptors (Lipinski definition) is 6. The first-order chi connectivity index (χ1) is 17.5. The van der Waals surface area contributed by atoms with Crippen LogP contribution in [0.1, 0.15) is 79.7 Å². The van der Waals surface area contributed by atoms with Gasteiger partial charge in [-0.3, -0.25) is 0 Å². The van der Waals surface area contributed by atoms with Gasteiger partial charge in [0, 0.05) is 19.8 Å². The van der Waals surface area contributed by atoms with Gasteiger partial charge in [0.15, 0.2) is 0 Å². The van der Waals surface area contributed by atoms with Gasteiger partial charge in [0.05, 0.1) is 12.7 Å². The van der Waals surface area contributed by atoms with Crippen molar-refractivity contribution in [3.05, 3.63) is 48.0 Å². The number of methoxy groups -OCH3 is 1. The van der Waals surface area contributed by atoms with E-state index in [0.717, 1.165) is 31.2 Å². The Morgan fingerprint density at radius 1 is 0.919 bits per heavy atom. The van der Waals surface area contributed by atoms with Crippen molar-refractivity contribution in [3.8, 4) is 0 Å². The molecule has 0 fully saturated rings. The van der Waals surface area contributed by atoms with Crippen LogP contribution in [0.15, 0.2) is 42.5 Å². The first-order valence-electron chi connectivity index (χ1n) is 13.7. The number of carbonyl (C=O) groups is 1. The fourth-order valence-electron chi connectivity index (χ4n) is 4.66. The van der Waals surface area contributed by atoms with Crippen LogP contribution >= 0.6 is 0 Å². The molecule has 0 aliphatic carbocycles. The van der Waals surface area contributed by atoms with E-state index in [-0.39, 0.29) is 18.9 Å². The van der Waals surface area contributed by atoms with Crippen molar-refractivity contribution in [2.24, 2.45) is 23.7 Å². The molecule has 1 aromatic carbocycles. The Bertz CT molecular complexity index is 742. The number of ether oxygens (including phenoxy) is 5. The van der Waals surface area contributed by atoms with Crippen LogP contribution in [0.3, 0.4) is 0 Å². The molecule has 1 aromatic rings. The van der Waals surface area contributed by atoms with Crippen LogP contribution in [0.2, 0.25) is 0 Å². The maximum absolute atomic E-state index is 12.0. The van der Waals surface area contributed by atoms with Crippen molar-refractivity contribution >= 4 is 5.97 Å². The van der Waals surface area contributed by atoms with Crippen molar-refractivity contribution in [3.63, 3.8) is 0 Å². The van der Waals surface area contributed by atoms with E-state index in [1.165, 1.54) is 0 Å². The van der Waals surface area contributed by atoms with Crippen molar-refractivity contribution in [2.45, 2.75) is 92.5 Å². The van der Waals surface area contributed by atoms with E-state index in [0.29, 0.717) is 43.7 Å². The van der Waals surface area contributed by atoms with Crippen LogP contribution in [-0.2, 0) is 35.1 Å². The molecule has 212 valence electrons. The molecule has 0 amide bonds. The first-order valence-corrected chi connectivity index (χ1v) is 13.7. The van der Waals surface area contributed by atoms with Gasteiger partial charge in [0.1, 0.15) is 19.2 Å². The molecule has 0 heterocycles. The summed E-state index contributed by atoms with van der Waals surface area (Å²) < 4.78 is 28.0. The summed E-state index contributed by atoms with van der Waals surface area (Å²) in [5.74, 6) is 1.36. The minimum atomic E-state index is -0.474. The number of allylic oxidation sites excluding steroid dienone is 1. The minimum absolute atomic E-state index is 0.0791. The molecule has 5 atom stereocenters. The molecule has 0 bridgehead atoms. The van der Waals surface area contributed by atoms with Crippen LogP contribution in [0.25, 0.3) is 0 Å². The monoisotopic (exact) mass is 520 g/mol. The molecule has 0 N–H and O–H groups in total. The largest absolute Gasteiger partial charge is 0.457 e. The molecule has 1 rings (SSSR count). The quantitative estimate of drug-likeness (QED) is 0.0834. The van der Waals surface area contributed by atoms with Gasteiger partial charge in [-0.15, -0.1) is 0 Å². The summed E-state index contributed by atoms with van der Waals surface area (Å²) in [6, 6.07) is 10.2. The molecule has 0 unspecified atom stereocenters. The van der Waals surface area contributed by atoms with E-state index >= 15 is 0 Å². The highest BCUT2D eigenvalue weighted by molar-refractivity contribution is 5.82. The van der Waals surface area contributed by atoms with E-state index in [9.17, 15) is 4.79 Å². The molecule has 0 spiro atoms. The number of benzene rings is 1. The molecule has 0 aliphatic heterocycles. The van der Waals surface area contributed by atoms with Crippen LogP contribution < -0.4 is 0 Å². The molecule has 0 aliphatic rings. The number of hydrogen-bond donors (Lipinski definition) is 0. The molecule has 0 saturated heterocycles. The number of esters is 1. The Morgan fingerprint density at radius 2 is 1.57 bits per heavy atom. The lowest BCUT2D eigenvalue weighted by atomic mass is 9.81. The molecule has 0 saturated carbocycles. The Labute approximate surface area is 226 Å². The average molecular weight is 521 g/mol. The van der Waals surface area contributed by atoms with E-state index in [1.807, 2.05) is 45.0 Å². The third kappa shape index (κ3) is 16.7. The van der Waals surface area contributed by atoms with Crippen molar-refractivity contribution in [1.82, 2.24) is 0 Å². The second-order valence-corrected chi connectivity index (χ2v) is 11.5. The maximum atomic E-state index is 12.0. The van der Waals surface area contributed by atoms with E-state index < -0.39 is 5.60 Å². The fourth-order valence-corrected chi connectivity index (χ4v) is 4.66. The topological polar surface area (TPSA) is 63.2 Å². The molecule has 6 nitrogen and oxygen atoms in total. The molecule has 0 radical (unpaired) electrons. The maximum Gasteiger partial charge on any atom is 0.330 e. The van der Waals surface area contributed by atoms with Crippen LogP contribution in [-0.4, -0.2) is 45.0 Å². The summed E-state index contributed by atoms with van der Waals surface area (Å²) in [6.45, 7) is 16.5. The van der Waals surface area contributed by atoms with E-state index in [4.69, 9.17) is 23.7 Å². The van der Waals surface area contributed by atoms with Crippen LogP contribution in [0.4, 0.5) is 0 Å². The van der Waals surface area contributed by atoms with Gasteiger partial charge in [0.25, 0.3) is 0 Å². The van der Waals surface area contributed by atoms with Crippen molar-refractivity contribution in [2.75, 3.05) is 27.3 Å². The summed E-state index contributed by atoms with van der Waals surface area (Å²) in [4.78, 5) is 12.0. The summed E-state index contributed by atoms with van der Waals surface area (Å²) in [5, 5.41) is 0. The summed E-state index contributed by atoms with van der Waals surface area (Å²) in [5.41, 5.74) is 0.663. The lowest BCUT2D eigenvalue weighted by Crippen LogP contribution is -2.32. The molecule has 0 aromatic heterocycles. The van der Waals surface area contributed by atoms with Crippen molar-refractivity contribution in [1.29, 1.82) is 0 Å². The predicted molar refractivity (Wildman–Crippen MR) is 149 cm³/mol. The molecular weight excluding hydrogens is 468 g/mol. The predicted octanol–water partition coefficient (Wildman–Crippen LogP) is 7.17. The number of rotatable bonds is 19. The lowest BCUT2D eigenvalue weighted by Gasteiger charge is -2.32. The Balaban J connectivity index is 2.64. The van der Waals surface area contributed by atoms with E-state index in [2.05, 4.69) is 39.8 Å². The fraction of sp³-hybridized carbons (Fsp3) is 0.710. The highest BCUT2D eigenvalue weighted by atomic mass is 16.7. The SMILES string of the molecule is COCOCC[C@@H](C)C[C@H](C)[C@H](OCOCc1ccccc1)[C@H](C)C[C@H](C)C/C=C/C(=O)OC(C)(C)C. The van der Waals surface area contributed by atoms with Gasteiger partial charge in [-0.25, -0.2) is 4.79 Å². The van der Waals surface area contributed by atoms with Crippen LogP contribution in [0.5, 0.6) is 0 Å². The Hall–Kier alpha value is -1.73. The second-order valence-electron chi connectivity index (χ2n) is 11.5. The van der Waals surface area contributed by atoms with Crippen LogP contribution in [0, 0.1) is 23.7 Å². The highest BCUT2D eigenvalue weighted by Gasteiger charge is 2.27. The van der Waals surface area contributed by atoms with Gasteiger partial charge in [0.2, 0.25) is 0 Å². The zero-order valence-electron chi connectivity index (χ0n) is 24.5. The summed E-state index contributed by atoms with van der Waals surface area (Å²) >= 11 is 0. The van der Waals surface area contributed by atoms with Gasteiger partial charge < -0.3 is 23.7 Å². The molecule has 6 heteroatoms. The minimum Gasteiger partial charge on any atom is -0.457 e. The van der Waals surface area contributed by atoms with Gasteiger partial charge in [-0.1, -0.05) is 64.1 Å². The van der Waals surface area contributed by atoms with E-state index in [1.54, 1.807) is 13.2 Å². The molecule has 37 heavy (non-hydrogen) atoms. The average Bonchev–Trinajstić information content (AvgIpc) is 2.81. The Morgan fingerprint density at radius 3 is 2.19 bits per heavy atom. The third-order valence-corrected chi connectivity index (χ3v) is 6.28. The van der Waals surface area contributed by atoms with Gasteiger partial charge >= 0.3 is 5.97 Å². The van der Waals surface area contributed by atoms with Crippen molar-refractivity contribution < 1.29 is 28.5 Å². The smallest absolute Gasteiger partial charge is 0.330 e. The Kier molecular flexibility index (Phi) is 16.7. The van der Waals surface area contributed by atoms with Gasteiger partial charge in [-0.05, 0) is 75.7 Å². The first kappa shape index (κ1) is 33.3. The third-order valence-electron chi connectivity index (χ3n) is 6.28. The zero-order valence-corrected chi connectivity index (χ0v) is 24.5. The standard InChI is InChI=1S/C31H52O6/c1-24(13-12-16-29(32)37-31(5,6)7)19-26(3)30(27(4)20-25(2)17-18-34-22-33-8)36-23-35-21-28-14-10-9-11-15-28/h9-12,14-16,24-27,30H,13,17-23H2,1-8H3/b16-12+/t24-,25-,26-,27+,30-/m1/s1. The lowest BCUT2D eigenvalue weighted by molar-refractivity contribution is -0.148. The molecular formula is C31H52O6. The summed E-state index contributed by atoms with van der Waals surface area (Å²) in [7, 11) is 1.64. The van der Waals surface area contributed by atoms with Gasteiger partial charge in [-0.2, -0.15) is 0 Å². The second kappa shape index (κ2) is 18.5.